The van der Waals surface area contributed by atoms with Gasteiger partial charge in [-0.25, -0.2) is 4.39 Å². The summed E-state index contributed by atoms with van der Waals surface area (Å²) in [5.41, 5.74) is 1.78. The fraction of sp³-hybridized carbons (Fsp3) is 0.0625. The molecule has 1 heterocycles. The third-order valence-electron chi connectivity index (χ3n) is 3.07. The summed E-state index contributed by atoms with van der Waals surface area (Å²) in [7, 11) is 0. The average molecular weight is 286 g/mol. The molecule has 0 aliphatic carbocycles. The Hall–Kier alpha value is -2.07. The first-order valence-electron chi connectivity index (χ1n) is 6.10. The third-order valence-corrected chi connectivity index (χ3v) is 4.19. The molecule has 0 amide bonds. The Kier molecular flexibility index (Phi) is 3.32. The van der Waals surface area contributed by atoms with Crippen LogP contribution in [0.1, 0.15) is 15.9 Å². The molecule has 0 bridgehead atoms. The van der Waals surface area contributed by atoms with Crippen LogP contribution in [-0.4, -0.2) is 16.6 Å². The van der Waals surface area contributed by atoms with Gasteiger partial charge in [-0.05, 0) is 42.0 Å². The lowest BCUT2D eigenvalue weighted by Gasteiger charge is -2.16. The molecule has 2 aromatic carbocycles. The Morgan fingerprint density at radius 2 is 2.05 bits per heavy atom. The first-order chi connectivity index (χ1) is 9.63. The van der Waals surface area contributed by atoms with Crippen molar-refractivity contribution < 1.29 is 14.3 Å². The molecule has 100 valence electrons. The van der Waals surface area contributed by atoms with E-state index in [-0.39, 0.29) is 11.5 Å². The highest BCUT2D eigenvalue weighted by Crippen LogP contribution is 2.33. The molecule has 20 heavy (non-hydrogen) atoms. The molecule has 1 aliphatic rings. The second-order valence-corrected chi connectivity index (χ2v) is 5.54. The van der Waals surface area contributed by atoms with Gasteiger partial charge in [0.15, 0.2) is 5.78 Å². The minimum atomic E-state index is -0.406. The maximum atomic E-state index is 13.3. The molecular weight excluding hydrogens is 275 g/mol. The molecular formula is C16H11FO2S. The summed E-state index contributed by atoms with van der Waals surface area (Å²) in [5.74, 6) is 0.146. The predicted octanol–water partition coefficient (Wildman–Crippen LogP) is 3.90. The van der Waals surface area contributed by atoms with Crippen molar-refractivity contribution in [2.45, 2.75) is 4.90 Å². The van der Waals surface area contributed by atoms with Crippen LogP contribution in [0.5, 0.6) is 5.75 Å². The van der Waals surface area contributed by atoms with Gasteiger partial charge in [0.2, 0.25) is 0 Å². The van der Waals surface area contributed by atoms with Crippen LogP contribution in [0.15, 0.2) is 52.9 Å². The molecule has 0 fully saturated rings. The van der Waals surface area contributed by atoms with Gasteiger partial charge in [-0.2, -0.15) is 0 Å². The molecule has 0 aromatic heterocycles. The lowest BCUT2D eigenvalue weighted by atomic mass is 10.0. The number of hydrogen-bond donors (Lipinski definition) is 1. The van der Waals surface area contributed by atoms with Crippen molar-refractivity contribution in [3.8, 4) is 5.75 Å². The Bertz CT molecular complexity index is 722. The molecule has 1 aliphatic heterocycles. The fourth-order valence-electron chi connectivity index (χ4n) is 2.12. The van der Waals surface area contributed by atoms with Crippen LogP contribution in [0.4, 0.5) is 4.39 Å². The fourth-order valence-corrected chi connectivity index (χ4v) is 3.12. The van der Waals surface area contributed by atoms with Crippen molar-refractivity contribution in [1.29, 1.82) is 0 Å². The third kappa shape index (κ3) is 2.47. The molecule has 3 rings (SSSR count). The van der Waals surface area contributed by atoms with Gasteiger partial charge >= 0.3 is 0 Å². The minimum absolute atomic E-state index is 0.151. The molecule has 0 spiro atoms. The van der Waals surface area contributed by atoms with Crippen LogP contribution < -0.4 is 0 Å². The highest BCUT2D eigenvalue weighted by Gasteiger charge is 2.22. The second kappa shape index (κ2) is 5.13. The molecule has 0 unspecified atom stereocenters. The number of fused-ring (bicyclic) bond motifs is 1. The van der Waals surface area contributed by atoms with E-state index in [0.717, 1.165) is 10.5 Å². The Morgan fingerprint density at radius 3 is 2.85 bits per heavy atom. The topological polar surface area (TPSA) is 37.3 Å². The molecule has 0 saturated carbocycles. The smallest absolute Gasteiger partial charge is 0.191 e. The number of phenols is 1. The van der Waals surface area contributed by atoms with Gasteiger partial charge in [-0.3, -0.25) is 4.79 Å². The minimum Gasteiger partial charge on any atom is -0.508 e. The first kappa shape index (κ1) is 12.9. The Balaban J connectivity index is 2.00. The number of carbonyl (C=O) groups excluding carboxylic acids is 1. The second-order valence-electron chi connectivity index (χ2n) is 4.52. The number of hydrogen-bond acceptors (Lipinski definition) is 3. The van der Waals surface area contributed by atoms with Crippen LogP contribution >= 0.6 is 11.8 Å². The van der Waals surface area contributed by atoms with Gasteiger partial charge in [-0.15, -0.1) is 11.8 Å². The van der Waals surface area contributed by atoms with E-state index < -0.39 is 5.82 Å². The van der Waals surface area contributed by atoms with Crippen molar-refractivity contribution >= 4 is 23.6 Å². The van der Waals surface area contributed by atoms with Gasteiger partial charge in [0.25, 0.3) is 0 Å². The van der Waals surface area contributed by atoms with E-state index in [2.05, 4.69) is 0 Å². The van der Waals surface area contributed by atoms with Crippen LogP contribution in [0.3, 0.4) is 0 Å². The number of ketones is 1. The predicted molar refractivity (Wildman–Crippen MR) is 77.5 cm³/mol. The normalized spacial score (nSPS) is 16.2. The summed E-state index contributed by atoms with van der Waals surface area (Å²) >= 11 is 1.51. The number of thioether (sulfide) groups is 1. The maximum absolute atomic E-state index is 13.3. The van der Waals surface area contributed by atoms with Crippen molar-refractivity contribution in [3.05, 3.63) is 65.0 Å². The van der Waals surface area contributed by atoms with Gasteiger partial charge in [0.05, 0.1) is 0 Å². The lowest BCUT2D eigenvalue weighted by molar-refractivity contribution is 0.103. The van der Waals surface area contributed by atoms with E-state index in [1.165, 1.54) is 23.9 Å². The zero-order valence-electron chi connectivity index (χ0n) is 10.5. The number of rotatable bonds is 1. The van der Waals surface area contributed by atoms with E-state index in [9.17, 15) is 14.3 Å². The summed E-state index contributed by atoms with van der Waals surface area (Å²) in [6, 6.07) is 11.0. The number of aromatic hydroxyl groups is 1. The highest BCUT2D eigenvalue weighted by atomic mass is 32.2. The highest BCUT2D eigenvalue weighted by molar-refractivity contribution is 7.99. The molecule has 0 saturated heterocycles. The summed E-state index contributed by atoms with van der Waals surface area (Å²) in [6.07, 6.45) is 1.74. The van der Waals surface area contributed by atoms with E-state index >= 15 is 0 Å². The van der Waals surface area contributed by atoms with Crippen LogP contribution in [0.25, 0.3) is 6.08 Å². The number of carbonyl (C=O) groups is 1. The molecule has 1 N–H and O–H groups in total. The molecule has 2 nitrogen and oxygen atoms in total. The van der Waals surface area contributed by atoms with Crippen molar-refractivity contribution in [2.75, 3.05) is 5.75 Å². The van der Waals surface area contributed by atoms with Crippen LogP contribution in [0, 0.1) is 5.82 Å². The summed E-state index contributed by atoms with van der Waals surface area (Å²) in [5, 5.41) is 9.43. The van der Waals surface area contributed by atoms with Gasteiger partial charge in [0.1, 0.15) is 11.6 Å². The zero-order chi connectivity index (χ0) is 14.1. The number of phenolic OH excluding ortho intramolecular Hbond substituents is 1. The zero-order valence-corrected chi connectivity index (χ0v) is 11.3. The van der Waals surface area contributed by atoms with Gasteiger partial charge in [-0.1, -0.05) is 12.1 Å². The van der Waals surface area contributed by atoms with Crippen LogP contribution in [-0.2, 0) is 0 Å². The van der Waals surface area contributed by atoms with E-state index in [1.807, 2.05) is 6.07 Å². The van der Waals surface area contributed by atoms with E-state index in [0.29, 0.717) is 16.9 Å². The van der Waals surface area contributed by atoms with Crippen LogP contribution in [0.2, 0.25) is 0 Å². The standard InChI is InChI=1S/C16H11FO2S/c17-12-4-5-15-14(8-12)16(19)11(9-20-15)6-10-2-1-3-13(18)7-10/h1-8,18H,9H2. The number of halogens is 1. The monoisotopic (exact) mass is 286 g/mol. The Morgan fingerprint density at radius 1 is 1.20 bits per heavy atom. The number of benzene rings is 2. The van der Waals surface area contributed by atoms with Gasteiger partial charge < -0.3 is 5.11 Å². The lowest BCUT2D eigenvalue weighted by Crippen LogP contribution is -2.12. The maximum Gasteiger partial charge on any atom is 0.191 e. The van der Waals surface area contributed by atoms with E-state index in [4.69, 9.17) is 0 Å². The van der Waals surface area contributed by atoms with Crippen molar-refractivity contribution in [1.82, 2.24) is 0 Å². The molecule has 2 aromatic rings. The number of Topliss-reactive ketones (excluding diaryl/α,β-unsaturated/α-hetero) is 1. The quantitative estimate of drug-likeness (QED) is 0.808. The summed E-state index contributed by atoms with van der Waals surface area (Å²) < 4.78 is 13.3. The van der Waals surface area contributed by atoms with Crippen molar-refractivity contribution in [2.24, 2.45) is 0 Å². The molecule has 0 atom stereocenters. The van der Waals surface area contributed by atoms with Crippen molar-refractivity contribution in [3.63, 3.8) is 0 Å². The van der Waals surface area contributed by atoms with Gasteiger partial charge in [0, 0.05) is 21.8 Å². The molecule has 0 radical (unpaired) electrons. The van der Waals surface area contributed by atoms with E-state index in [1.54, 1.807) is 30.3 Å². The first-order valence-corrected chi connectivity index (χ1v) is 7.09. The summed E-state index contributed by atoms with van der Waals surface area (Å²) in [6.45, 7) is 0. The average Bonchev–Trinajstić information content (AvgIpc) is 2.43. The largest absolute Gasteiger partial charge is 0.508 e. The SMILES string of the molecule is O=C1C(=Cc2cccc(O)c2)CSc2ccc(F)cc21. The molecule has 4 heteroatoms. The Labute approximate surface area is 119 Å². The summed E-state index contributed by atoms with van der Waals surface area (Å²) in [4.78, 5) is 13.2.